The first-order valence-electron chi connectivity index (χ1n) is 6.43. The van der Waals surface area contributed by atoms with Crippen LogP contribution in [0.4, 0.5) is 5.69 Å². The van der Waals surface area contributed by atoms with E-state index in [0.29, 0.717) is 24.5 Å². The number of rotatable bonds is 3. The lowest BCUT2D eigenvalue weighted by atomic mass is 10.3. The summed E-state index contributed by atoms with van der Waals surface area (Å²) in [5.41, 5.74) is 6.09. The summed E-state index contributed by atoms with van der Waals surface area (Å²) in [6, 6.07) is 4.50. The largest absolute Gasteiger partial charge is 0.495 e. The van der Waals surface area contributed by atoms with Gasteiger partial charge in [-0.1, -0.05) is 0 Å². The highest BCUT2D eigenvalue weighted by molar-refractivity contribution is 7.89. The smallest absolute Gasteiger partial charge is 0.243 e. The van der Waals surface area contributed by atoms with E-state index in [1.807, 2.05) is 13.8 Å². The molecule has 7 heteroatoms. The lowest BCUT2D eigenvalue weighted by Gasteiger charge is -2.34. The van der Waals surface area contributed by atoms with Gasteiger partial charge in [0.2, 0.25) is 10.0 Å². The molecule has 0 aromatic heterocycles. The minimum atomic E-state index is -3.56. The molecule has 20 heavy (non-hydrogen) atoms. The molecule has 2 rings (SSSR count). The van der Waals surface area contributed by atoms with E-state index in [2.05, 4.69) is 0 Å². The molecule has 1 fully saturated rings. The van der Waals surface area contributed by atoms with Crippen molar-refractivity contribution in [1.29, 1.82) is 0 Å². The average molecular weight is 300 g/mol. The van der Waals surface area contributed by atoms with Gasteiger partial charge < -0.3 is 15.2 Å². The van der Waals surface area contributed by atoms with Gasteiger partial charge in [-0.05, 0) is 32.0 Å². The van der Waals surface area contributed by atoms with E-state index in [9.17, 15) is 8.42 Å². The second-order valence-corrected chi connectivity index (χ2v) is 6.92. The zero-order valence-corrected chi connectivity index (χ0v) is 12.7. The van der Waals surface area contributed by atoms with Crippen LogP contribution in [0.5, 0.6) is 5.75 Å². The van der Waals surface area contributed by atoms with Crippen LogP contribution in [0, 0.1) is 0 Å². The highest BCUT2D eigenvalue weighted by Gasteiger charge is 2.32. The number of anilines is 1. The number of sulfonamides is 1. The van der Waals surface area contributed by atoms with E-state index >= 15 is 0 Å². The molecule has 0 amide bonds. The molecular formula is C13H20N2O4S. The first kappa shape index (κ1) is 15.1. The second kappa shape index (κ2) is 5.59. The number of hydrogen-bond donors (Lipinski definition) is 1. The molecule has 1 saturated heterocycles. The SMILES string of the molecule is COc1ccc(S(=O)(=O)N2CC(C)OC(C)C2)cc1N. The monoisotopic (exact) mass is 300 g/mol. The Labute approximate surface area is 119 Å². The molecule has 1 aliphatic heterocycles. The van der Waals surface area contributed by atoms with E-state index in [1.54, 1.807) is 6.07 Å². The number of nitrogens with zero attached hydrogens (tertiary/aromatic N) is 1. The lowest BCUT2D eigenvalue weighted by molar-refractivity contribution is -0.0440. The van der Waals surface area contributed by atoms with Crippen molar-refractivity contribution in [3.63, 3.8) is 0 Å². The molecular weight excluding hydrogens is 280 g/mol. The maximum absolute atomic E-state index is 12.6. The quantitative estimate of drug-likeness (QED) is 0.845. The third kappa shape index (κ3) is 2.89. The van der Waals surface area contributed by atoms with Crippen LogP contribution in [-0.4, -0.2) is 45.1 Å². The third-order valence-electron chi connectivity index (χ3n) is 3.23. The Morgan fingerprint density at radius 3 is 2.40 bits per heavy atom. The molecule has 1 aromatic carbocycles. The van der Waals surface area contributed by atoms with Gasteiger partial charge in [0, 0.05) is 13.1 Å². The molecule has 1 heterocycles. The van der Waals surface area contributed by atoms with Crippen LogP contribution in [-0.2, 0) is 14.8 Å². The minimum absolute atomic E-state index is 0.121. The van der Waals surface area contributed by atoms with Crippen molar-refractivity contribution in [2.24, 2.45) is 0 Å². The topological polar surface area (TPSA) is 81.9 Å². The Morgan fingerprint density at radius 2 is 1.90 bits per heavy atom. The van der Waals surface area contributed by atoms with E-state index in [0.717, 1.165) is 0 Å². The number of methoxy groups -OCH3 is 1. The normalized spacial score (nSPS) is 24.6. The predicted octanol–water partition coefficient (Wildman–Crippen LogP) is 1.08. The molecule has 1 aromatic rings. The second-order valence-electron chi connectivity index (χ2n) is 4.98. The van der Waals surface area contributed by atoms with Crippen LogP contribution < -0.4 is 10.5 Å². The summed E-state index contributed by atoms with van der Waals surface area (Å²) < 4.78 is 37.2. The van der Waals surface area contributed by atoms with Gasteiger partial charge in [0.15, 0.2) is 0 Å². The molecule has 0 aliphatic carbocycles. The number of nitrogens with two attached hydrogens (primary N) is 1. The maximum Gasteiger partial charge on any atom is 0.243 e. The summed E-state index contributed by atoms with van der Waals surface area (Å²) in [5, 5.41) is 0. The van der Waals surface area contributed by atoms with Crippen LogP contribution in [0.15, 0.2) is 23.1 Å². The van der Waals surface area contributed by atoms with Crippen LogP contribution in [0.3, 0.4) is 0 Å². The molecule has 2 N–H and O–H groups in total. The van der Waals surface area contributed by atoms with Gasteiger partial charge >= 0.3 is 0 Å². The highest BCUT2D eigenvalue weighted by Crippen LogP contribution is 2.27. The summed E-state index contributed by atoms with van der Waals surface area (Å²) in [6.45, 7) is 4.42. The maximum atomic E-state index is 12.6. The number of morpholine rings is 1. The fourth-order valence-electron chi connectivity index (χ4n) is 2.35. The Hall–Kier alpha value is -1.31. The van der Waals surface area contributed by atoms with Crippen LogP contribution in [0.2, 0.25) is 0 Å². The van der Waals surface area contributed by atoms with Gasteiger partial charge in [0.25, 0.3) is 0 Å². The van der Waals surface area contributed by atoms with E-state index < -0.39 is 10.0 Å². The number of hydrogen-bond acceptors (Lipinski definition) is 5. The third-order valence-corrected chi connectivity index (χ3v) is 5.05. The fraction of sp³-hybridized carbons (Fsp3) is 0.538. The van der Waals surface area contributed by atoms with Crippen molar-refractivity contribution in [2.45, 2.75) is 31.0 Å². The van der Waals surface area contributed by atoms with E-state index in [-0.39, 0.29) is 17.1 Å². The van der Waals surface area contributed by atoms with Gasteiger partial charge in [-0.3, -0.25) is 0 Å². The average Bonchev–Trinajstić information content (AvgIpc) is 2.37. The fourth-order valence-corrected chi connectivity index (χ4v) is 3.98. The van der Waals surface area contributed by atoms with Crippen molar-refractivity contribution in [1.82, 2.24) is 4.31 Å². The molecule has 0 radical (unpaired) electrons. The molecule has 0 saturated carbocycles. The summed E-state index contributed by atoms with van der Waals surface area (Å²) in [5.74, 6) is 0.465. The molecule has 0 bridgehead atoms. The van der Waals surface area contributed by atoms with Crippen molar-refractivity contribution in [2.75, 3.05) is 25.9 Å². The van der Waals surface area contributed by atoms with E-state index in [1.165, 1.54) is 23.5 Å². The van der Waals surface area contributed by atoms with Crippen molar-refractivity contribution < 1.29 is 17.9 Å². The lowest BCUT2D eigenvalue weighted by Crippen LogP contribution is -2.48. The molecule has 2 unspecified atom stereocenters. The molecule has 2 atom stereocenters. The summed E-state index contributed by atoms with van der Waals surface area (Å²) in [7, 11) is -2.07. The number of nitrogen functional groups attached to an aromatic ring is 1. The van der Waals surface area contributed by atoms with Gasteiger partial charge in [0.1, 0.15) is 5.75 Å². The van der Waals surface area contributed by atoms with Gasteiger partial charge in [-0.2, -0.15) is 4.31 Å². The van der Waals surface area contributed by atoms with Crippen LogP contribution in [0.1, 0.15) is 13.8 Å². The Balaban J connectivity index is 2.32. The number of benzene rings is 1. The Kier molecular flexibility index (Phi) is 4.22. The zero-order chi connectivity index (χ0) is 14.9. The number of ether oxygens (including phenoxy) is 2. The first-order valence-corrected chi connectivity index (χ1v) is 7.87. The molecule has 0 spiro atoms. The summed E-state index contributed by atoms with van der Waals surface area (Å²) in [6.07, 6.45) is -0.242. The molecule has 6 nitrogen and oxygen atoms in total. The summed E-state index contributed by atoms with van der Waals surface area (Å²) >= 11 is 0. The standard InChI is InChI=1S/C13H20N2O4S/c1-9-7-15(8-10(2)19-9)20(16,17)11-4-5-13(18-3)12(14)6-11/h4-6,9-10H,7-8,14H2,1-3H3. The van der Waals surface area contributed by atoms with E-state index in [4.69, 9.17) is 15.2 Å². The van der Waals surface area contributed by atoms with Crippen molar-refractivity contribution in [3.05, 3.63) is 18.2 Å². The molecule has 1 aliphatic rings. The van der Waals surface area contributed by atoms with Gasteiger partial charge in [-0.25, -0.2) is 8.42 Å². The predicted molar refractivity (Wildman–Crippen MR) is 76.2 cm³/mol. The van der Waals surface area contributed by atoms with Gasteiger partial charge in [-0.15, -0.1) is 0 Å². The van der Waals surface area contributed by atoms with Crippen molar-refractivity contribution in [3.8, 4) is 5.75 Å². The van der Waals surface area contributed by atoms with Crippen molar-refractivity contribution >= 4 is 15.7 Å². The minimum Gasteiger partial charge on any atom is -0.495 e. The zero-order valence-electron chi connectivity index (χ0n) is 11.9. The van der Waals surface area contributed by atoms with Crippen LogP contribution >= 0.6 is 0 Å². The molecule has 112 valence electrons. The first-order chi connectivity index (χ1) is 9.34. The van der Waals surface area contributed by atoms with Gasteiger partial charge in [0.05, 0.1) is 29.9 Å². The Morgan fingerprint density at radius 1 is 1.30 bits per heavy atom. The highest BCUT2D eigenvalue weighted by atomic mass is 32.2. The summed E-state index contributed by atoms with van der Waals surface area (Å²) in [4.78, 5) is 0.178. The van der Waals surface area contributed by atoms with Crippen LogP contribution in [0.25, 0.3) is 0 Å². The Bertz CT molecular complexity index is 578.